The van der Waals surface area contributed by atoms with Gasteiger partial charge in [0, 0.05) is 43.8 Å². The van der Waals surface area contributed by atoms with E-state index in [1.165, 1.54) is 30.0 Å². The largest absolute Gasteiger partial charge is 0.363 e. The molecule has 36 heavy (non-hydrogen) atoms. The second kappa shape index (κ2) is 10.2. The number of alkyl halides is 4. The van der Waals surface area contributed by atoms with Crippen LogP contribution in [0.3, 0.4) is 0 Å². The summed E-state index contributed by atoms with van der Waals surface area (Å²) in [5.74, 6) is 0.225. The number of carbonyl (C=O) groups excluding carboxylic acids is 1. The van der Waals surface area contributed by atoms with Gasteiger partial charge in [0.25, 0.3) is 18.4 Å². The van der Waals surface area contributed by atoms with E-state index in [-0.39, 0.29) is 22.9 Å². The van der Waals surface area contributed by atoms with Gasteiger partial charge in [-0.25, -0.2) is 27.5 Å². The lowest BCUT2D eigenvalue weighted by atomic mass is 9.89. The highest BCUT2D eigenvalue weighted by molar-refractivity contribution is 5.87. The van der Waals surface area contributed by atoms with E-state index in [0.717, 1.165) is 6.07 Å². The molecule has 1 aliphatic heterocycles. The van der Waals surface area contributed by atoms with E-state index in [1.54, 1.807) is 24.9 Å². The van der Waals surface area contributed by atoms with Crippen molar-refractivity contribution >= 4 is 22.8 Å². The molecule has 1 aromatic carbocycles. The highest BCUT2D eigenvalue weighted by atomic mass is 19.3. The van der Waals surface area contributed by atoms with Crippen LogP contribution in [0.1, 0.15) is 73.8 Å². The first-order valence-corrected chi connectivity index (χ1v) is 11.7. The van der Waals surface area contributed by atoms with Crippen LogP contribution in [-0.4, -0.2) is 38.4 Å². The molecule has 1 atom stereocenters. The number of nitrogens with zero attached hydrogens (tertiary/aromatic N) is 4. The third-order valence-electron chi connectivity index (χ3n) is 6.86. The summed E-state index contributed by atoms with van der Waals surface area (Å²) in [5.41, 5.74) is -0.652. The summed E-state index contributed by atoms with van der Waals surface area (Å²) in [6.45, 7) is 4.20. The second-order valence-electron chi connectivity index (χ2n) is 9.02. The van der Waals surface area contributed by atoms with Gasteiger partial charge in [-0.05, 0) is 37.3 Å². The highest BCUT2D eigenvalue weighted by Gasteiger charge is 2.27. The Morgan fingerprint density at radius 2 is 1.75 bits per heavy atom. The van der Waals surface area contributed by atoms with Crippen LogP contribution in [0, 0.1) is 0 Å². The summed E-state index contributed by atoms with van der Waals surface area (Å²) in [7, 11) is 1.60. The number of anilines is 1. The van der Waals surface area contributed by atoms with Gasteiger partial charge in [0.1, 0.15) is 17.8 Å². The smallest absolute Gasteiger partial charge is 0.264 e. The minimum Gasteiger partial charge on any atom is -0.363 e. The van der Waals surface area contributed by atoms with Crippen molar-refractivity contribution in [2.75, 3.05) is 18.4 Å². The number of pyridine rings is 1. The molecule has 11 heteroatoms. The SMILES string of the molecule is CC(=O)N1CCC(c2cc3c(NC(C)c4cccc(C(F)F)c4C(F)F)ncnc3n(C)c2=O)CC1. The van der Waals surface area contributed by atoms with E-state index in [0.29, 0.717) is 48.3 Å². The Kier molecular flexibility index (Phi) is 7.28. The van der Waals surface area contributed by atoms with Crippen LogP contribution in [0.5, 0.6) is 0 Å². The molecule has 1 aliphatic rings. The van der Waals surface area contributed by atoms with Crippen molar-refractivity contribution in [3.63, 3.8) is 0 Å². The van der Waals surface area contributed by atoms with E-state index < -0.39 is 30.0 Å². The summed E-state index contributed by atoms with van der Waals surface area (Å²) in [6, 6.07) is 4.64. The van der Waals surface area contributed by atoms with Gasteiger partial charge < -0.3 is 10.2 Å². The number of likely N-dealkylation sites (tertiary alicyclic amines) is 1. The standard InChI is InChI=1S/C25H27F4N5O2/c1-13(16-5-4-6-17(21(26)27)20(16)22(28)29)32-23-19-11-18(15-7-9-34(10-8-15)14(2)35)25(36)33(3)24(19)31-12-30-23/h4-6,11-13,15,21-22H,7-10H2,1-3H3,(H,30,31,32). The number of piperidine rings is 1. The molecule has 7 nitrogen and oxygen atoms in total. The van der Waals surface area contributed by atoms with Crippen LogP contribution < -0.4 is 10.9 Å². The molecule has 2 aromatic heterocycles. The fraction of sp³-hybridized carbons (Fsp3) is 0.440. The number of fused-ring (bicyclic) bond motifs is 1. The van der Waals surface area contributed by atoms with Crippen molar-refractivity contribution in [3.05, 3.63) is 63.2 Å². The Bertz CT molecular complexity index is 1340. The zero-order valence-corrected chi connectivity index (χ0v) is 20.1. The molecule has 1 amide bonds. The monoisotopic (exact) mass is 505 g/mol. The number of aromatic nitrogens is 3. The number of hydrogen-bond acceptors (Lipinski definition) is 5. The molecule has 1 fully saturated rings. The predicted molar refractivity (Wildman–Crippen MR) is 127 cm³/mol. The molecule has 0 radical (unpaired) electrons. The van der Waals surface area contributed by atoms with Crippen LogP contribution in [0.4, 0.5) is 23.4 Å². The molecule has 1 saturated heterocycles. The molecule has 192 valence electrons. The molecular weight excluding hydrogens is 478 g/mol. The van der Waals surface area contributed by atoms with Crippen molar-refractivity contribution < 1.29 is 22.4 Å². The molecule has 1 N–H and O–H groups in total. The molecule has 0 spiro atoms. The van der Waals surface area contributed by atoms with E-state index in [9.17, 15) is 27.2 Å². The minimum atomic E-state index is -3.08. The van der Waals surface area contributed by atoms with Crippen molar-refractivity contribution in [1.29, 1.82) is 0 Å². The zero-order valence-electron chi connectivity index (χ0n) is 20.1. The highest BCUT2D eigenvalue weighted by Crippen LogP contribution is 2.37. The number of nitrogens with one attached hydrogen (secondary N) is 1. The van der Waals surface area contributed by atoms with Crippen molar-refractivity contribution in [1.82, 2.24) is 19.4 Å². The molecule has 3 aromatic rings. The first-order chi connectivity index (χ1) is 17.1. The average molecular weight is 506 g/mol. The molecule has 4 rings (SSSR count). The summed E-state index contributed by atoms with van der Waals surface area (Å²) in [6.07, 6.45) is -3.60. The third kappa shape index (κ3) is 4.78. The topological polar surface area (TPSA) is 80.1 Å². The van der Waals surface area contributed by atoms with Gasteiger partial charge in [-0.3, -0.25) is 14.2 Å². The van der Waals surface area contributed by atoms with Crippen LogP contribution in [0.25, 0.3) is 11.0 Å². The molecule has 0 aliphatic carbocycles. The minimum absolute atomic E-state index is 0.00665. The number of rotatable bonds is 6. The van der Waals surface area contributed by atoms with Gasteiger partial charge in [-0.15, -0.1) is 0 Å². The van der Waals surface area contributed by atoms with E-state index in [4.69, 9.17) is 0 Å². The Morgan fingerprint density at radius 3 is 2.36 bits per heavy atom. The average Bonchev–Trinajstić information content (AvgIpc) is 2.85. The number of halogens is 4. The van der Waals surface area contributed by atoms with Crippen LogP contribution in [0.15, 0.2) is 35.4 Å². The zero-order chi connectivity index (χ0) is 26.1. The molecule has 0 saturated carbocycles. The van der Waals surface area contributed by atoms with Gasteiger partial charge in [0.2, 0.25) is 5.91 Å². The number of aryl methyl sites for hydroxylation is 1. The van der Waals surface area contributed by atoms with E-state index >= 15 is 0 Å². The lowest BCUT2D eigenvalue weighted by Crippen LogP contribution is -2.38. The van der Waals surface area contributed by atoms with Gasteiger partial charge in [-0.2, -0.15) is 0 Å². The quantitative estimate of drug-likeness (QED) is 0.472. The maximum atomic E-state index is 13.8. The third-order valence-corrected chi connectivity index (χ3v) is 6.86. The summed E-state index contributed by atoms with van der Waals surface area (Å²) in [4.78, 5) is 35.0. The maximum absolute atomic E-state index is 13.8. The first-order valence-electron chi connectivity index (χ1n) is 11.7. The summed E-state index contributed by atoms with van der Waals surface area (Å²) in [5, 5.41) is 3.58. The van der Waals surface area contributed by atoms with Gasteiger partial charge >= 0.3 is 0 Å². The van der Waals surface area contributed by atoms with Crippen LogP contribution in [-0.2, 0) is 11.8 Å². The van der Waals surface area contributed by atoms with Crippen molar-refractivity contribution in [2.24, 2.45) is 7.05 Å². The number of amides is 1. The van der Waals surface area contributed by atoms with Crippen LogP contribution in [0.2, 0.25) is 0 Å². The number of carbonyl (C=O) groups is 1. The Morgan fingerprint density at radius 1 is 1.08 bits per heavy atom. The number of benzene rings is 1. The van der Waals surface area contributed by atoms with Crippen molar-refractivity contribution in [3.8, 4) is 0 Å². The van der Waals surface area contributed by atoms with E-state index in [2.05, 4.69) is 15.3 Å². The summed E-state index contributed by atoms with van der Waals surface area (Å²) < 4.78 is 55.8. The lowest BCUT2D eigenvalue weighted by Gasteiger charge is -2.31. The van der Waals surface area contributed by atoms with Gasteiger partial charge in [0.15, 0.2) is 0 Å². The van der Waals surface area contributed by atoms with Gasteiger partial charge in [0.05, 0.1) is 11.4 Å². The second-order valence-corrected chi connectivity index (χ2v) is 9.02. The predicted octanol–water partition coefficient (Wildman–Crippen LogP) is 5.10. The Balaban J connectivity index is 1.73. The van der Waals surface area contributed by atoms with Crippen LogP contribution >= 0.6 is 0 Å². The normalized spacial score (nSPS) is 15.6. The van der Waals surface area contributed by atoms with Gasteiger partial charge in [-0.1, -0.05) is 18.2 Å². The molecule has 3 heterocycles. The number of hydrogen-bond donors (Lipinski definition) is 1. The fourth-order valence-electron chi connectivity index (χ4n) is 4.91. The van der Waals surface area contributed by atoms with Crippen molar-refractivity contribution in [2.45, 2.75) is 51.5 Å². The molecular formula is C25H27F4N5O2. The fourth-order valence-corrected chi connectivity index (χ4v) is 4.91. The molecule has 0 bridgehead atoms. The Labute approximate surface area is 205 Å². The van der Waals surface area contributed by atoms with E-state index in [1.807, 2.05) is 0 Å². The summed E-state index contributed by atoms with van der Waals surface area (Å²) >= 11 is 0. The Hall–Kier alpha value is -3.50. The first kappa shape index (κ1) is 25.6. The maximum Gasteiger partial charge on any atom is 0.264 e. The molecule has 1 unspecified atom stereocenters. The lowest BCUT2D eigenvalue weighted by molar-refractivity contribution is -0.129.